The zero-order valence-electron chi connectivity index (χ0n) is 54.6. The molecule has 0 amide bonds. The van der Waals surface area contributed by atoms with Crippen LogP contribution in [0.5, 0.6) is 0 Å². The molecule has 0 heterocycles. The number of allylic oxidation sites excluding steroid dienone is 2. The lowest BCUT2D eigenvalue weighted by molar-refractivity contribution is -0.167. The average molecular weight is 1130 g/mol. The Kier molecular flexibility index (Phi) is 68.0. The van der Waals surface area contributed by atoms with Gasteiger partial charge in [-0.05, 0) is 44.9 Å². The van der Waals surface area contributed by atoms with E-state index >= 15 is 0 Å². The highest BCUT2D eigenvalue weighted by molar-refractivity contribution is 5.71. The Morgan fingerprint density at radius 1 is 0.237 bits per heavy atom. The van der Waals surface area contributed by atoms with Gasteiger partial charge in [-0.2, -0.15) is 0 Å². The fourth-order valence-corrected chi connectivity index (χ4v) is 11.5. The fraction of sp³-hybridized carbons (Fsp3) is 0.932. The van der Waals surface area contributed by atoms with Crippen LogP contribution in [0.2, 0.25) is 0 Å². The summed E-state index contributed by atoms with van der Waals surface area (Å²) in [4.78, 5) is 38.5. The van der Waals surface area contributed by atoms with E-state index < -0.39 is 6.10 Å². The van der Waals surface area contributed by atoms with Gasteiger partial charge in [-0.3, -0.25) is 14.4 Å². The Morgan fingerprint density at radius 3 is 0.625 bits per heavy atom. The molecule has 0 N–H and O–H groups in total. The van der Waals surface area contributed by atoms with E-state index in [1.165, 1.54) is 327 Å². The summed E-state index contributed by atoms with van der Waals surface area (Å²) in [7, 11) is 0. The lowest BCUT2D eigenvalue weighted by Crippen LogP contribution is -2.30. The van der Waals surface area contributed by atoms with Crippen molar-refractivity contribution in [3.8, 4) is 0 Å². The Balaban J connectivity index is 4.24. The number of carbonyl (C=O) groups excluding carboxylic acids is 3. The standard InChI is InChI=1S/C74H142O6/c1-4-7-10-13-16-19-22-25-28-31-33-35-36-37-38-40-41-43-46-49-52-55-58-61-64-67-73(76)79-70-71(69-78-72(75)66-63-60-57-54-51-48-45-30-27-24-21-18-15-12-9-6-3)80-74(77)68-65-62-59-56-53-50-47-44-42-39-34-32-29-26-23-20-17-14-11-8-5-2/h32,34,71H,4-31,33,35-70H2,1-3H3/b34-32-. The smallest absolute Gasteiger partial charge is 0.306 e. The summed E-state index contributed by atoms with van der Waals surface area (Å²) in [6.07, 6.45) is 83.9. The molecule has 0 aliphatic rings. The number of hydrogen-bond donors (Lipinski definition) is 0. The maximum absolute atomic E-state index is 13.0. The summed E-state index contributed by atoms with van der Waals surface area (Å²) in [5, 5.41) is 0. The molecule has 1 atom stereocenters. The van der Waals surface area contributed by atoms with E-state index in [9.17, 15) is 14.4 Å². The van der Waals surface area contributed by atoms with Crippen molar-refractivity contribution in [3.05, 3.63) is 12.2 Å². The van der Waals surface area contributed by atoms with Crippen molar-refractivity contribution >= 4 is 17.9 Å². The minimum absolute atomic E-state index is 0.0636. The molecular weight excluding hydrogens is 985 g/mol. The average Bonchev–Trinajstić information content (AvgIpc) is 3.46. The van der Waals surface area contributed by atoms with Crippen molar-refractivity contribution in [1.29, 1.82) is 0 Å². The second-order valence-electron chi connectivity index (χ2n) is 25.2. The van der Waals surface area contributed by atoms with Gasteiger partial charge in [-0.1, -0.05) is 373 Å². The number of ether oxygens (including phenoxy) is 3. The minimum atomic E-state index is -0.768. The third-order valence-corrected chi connectivity index (χ3v) is 17.0. The molecule has 0 fully saturated rings. The number of hydrogen-bond acceptors (Lipinski definition) is 6. The van der Waals surface area contributed by atoms with Crippen LogP contribution in [0.15, 0.2) is 12.2 Å². The molecule has 0 saturated heterocycles. The Labute approximate surface area is 501 Å². The first-order chi connectivity index (χ1) is 39.5. The van der Waals surface area contributed by atoms with E-state index in [2.05, 4.69) is 32.9 Å². The van der Waals surface area contributed by atoms with Crippen LogP contribution in [0, 0.1) is 0 Å². The predicted octanol–water partition coefficient (Wildman–Crippen LogP) is 25.2. The largest absolute Gasteiger partial charge is 0.462 e. The zero-order valence-corrected chi connectivity index (χ0v) is 54.6. The molecule has 0 aromatic carbocycles. The van der Waals surface area contributed by atoms with E-state index in [1.807, 2.05) is 0 Å². The molecule has 0 bridgehead atoms. The Morgan fingerprint density at radius 2 is 0.412 bits per heavy atom. The van der Waals surface area contributed by atoms with E-state index in [0.717, 1.165) is 57.8 Å². The maximum Gasteiger partial charge on any atom is 0.306 e. The molecule has 0 aliphatic heterocycles. The van der Waals surface area contributed by atoms with Gasteiger partial charge in [0.15, 0.2) is 6.10 Å². The van der Waals surface area contributed by atoms with Gasteiger partial charge in [0.2, 0.25) is 0 Å². The van der Waals surface area contributed by atoms with Crippen molar-refractivity contribution in [1.82, 2.24) is 0 Å². The van der Waals surface area contributed by atoms with Crippen molar-refractivity contribution in [2.24, 2.45) is 0 Å². The summed E-state index contributed by atoms with van der Waals surface area (Å²) >= 11 is 0. The molecule has 0 radical (unpaired) electrons. The van der Waals surface area contributed by atoms with Crippen molar-refractivity contribution in [2.45, 2.75) is 431 Å². The third kappa shape index (κ3) is 66.9. The summed E-state index contributed by atoms with van der Waals surface area (Å²) in [6, 6.07) is 0. The van der Waals surface area contributed by atoms with Crippen LogP contribution in [-0.2, 0) is 28.6 Å². The lowest BCUT2D eigenvalue weighted by Gasteiger charge is -2.18. The number of rotatable bonds is 69. The van der Waals surface area contributed by atoms with Crippen LogP contribution in [0.4, 0.5) is 0 Å². The van der Waals surface area contributed by atoms with Crippen molar-refractivity contribution < 1.29 is 28.6 Å². The van der Waals surface area contributed by atoms with Crippen LogP contribution in [0.1, 0.15) is 425 Å². The number of unbranched alkanes of at least 4 members (excludes halogenated alkanes) is 56. The van der Waals surface area contributed by atoms with Gasteiger partial charge in [0.25, 0.3) is 0 Å². The summed E-state index contributed by atoms with van der Waals surface area (Å²) < 4.78 is 17.0. The van der Waals surface area contributed by atoms with E-state index in [1.54, 1.807) is 0 Å². The predicted molar refractivity (Wildman–Crippen MR) is 349 cm³/mol. The van der Waals surface area contributed by atoms with Crippen molar-refractivity contribution in [3.63, 3.8) is 0 Å². The summed E-state index contributed by atoms with van der Waals surface area (Å²) in [6.45, 7) is 6.74. The summed E-state index contributed by atoms with van der Waals surface area (Å²) in [5.74, 6) is -0.827. The molecule has 6 heteroatoms. The normalized spacial score (nSPS) is 12.0. The molecule has 0 aromatic heterocycles. The monoisotopic (exact) mass is 1130 g/mol. The highest BCUT2D eigenvalue weighted by atomic mass is 16.6. The van der Waals surface area contributed by atoms with E-state index in [-0.39, 0.29) is 31.1 Å². The molecule has 6 nitrogen and oxygen atoms in total. The van der Waals surface area contributed by atoms with Gasteiger partial charge in [-0.15, -0.1) is 0 Å². The van der Waals surface area contributed by atoms with E-state index in [0.29, 0.717) is 19.3 Å². The van der Waals surface area contributed by atoms with Gasteiger partial charge in [0.1, 0.15) is 13.2 Å². The molecule has 474 valence electrons. The molecule has 0 aliphatic carbocycles. The maximum atomic E-state index is 13.0. The van der Waals surface area contributed by atoms with Crippen molar-refractivity contribution in [2.75, 3.05) is 13.2 Å². The zero-order chi connectivity index (χ0) is 57.8. The topological polar surface area (TPSA) is 78.9 Å². The van der Waals surface area contributed by atoms with E-state index in [4.69, 9.17) is 14.2 Å². The quantitative estimate of drug-likeness (QED) is 0.0261. The van der Waals surface area contributed by atoms with Gasteiger partial charge >= 0.3 is 17.9 Å². The Hall–Kier alpha value is -1.85. The highest BCUT2D eigenvalue weighted by Crippen LogP contribution is 2.19. The van der Waals surface area contributed by atoms with Crippen LogP contribution < -0.4 is 0 Å². The molecule has 80 heavy (non-hydrogen) atoms. The number of carbonyl (C=O) groups is 3. The van der Waals surface area contributed by atoms with Crippen LogP contribution in [-0.4, -0.2) is 37.2 Å². The second kappa shape index (κ2) is 69.6. The molecule has 1 unspecified atom stereocenters. The van der Waals surface area contributed by atoms with Gasteiger partial charge in [-0.25, -0.2) is 0 Å². The first-order valence-electron chi connectivity index (χ1n) is 36.7. The third-order valence-electron chi connectivity index (χ3n) is 17.0. The fourth-order valence-electron chi connectivity index (χ4n) is 11.5. The van der Waals surface area contributed by atoms with Gasteiger partial charge < -0.3 is 14.2 Å². The van der Waals surface area contributed by atoms with Gasteiger partial charge in [0, 0.05) is 19.3 Å². The molecule has 0 spiro atoms. The first kappa shape index (κ1) is 78.1. The van der Waals surface area contributed by atoms with Crippen LogP contribution in [0.3, 0.4) is 0 Å². The summed E-state index contributed by atoms with van der Waals surface area (Å²) in [5.41, 5.74) is 0. The Bertz CT molecular complexity index is 1250. The second-order valence-corrected chi connectivity index (χ2v) is 25.2. The minimum Gasteiger partial charge on any atom is -0.462 e. The number of esters is 3. The SMILES string of the molecule is CCCCCCCCCC/C=C\CCCCCCCCCCCC(=O)OC(COC(=O)CCCCCCCCCCCCCCCCCC)COC(=O)CCCCCCCCCCCCCCCCCCCCCCCCCCC. The molecule has 0 rings (SSSR count). The molecule has 0 saturated carbocycles. The van der Waals surface area contributed by atoms with Crippen LogP contribution >= 0.6 is 0 Å². The van der Waals surface area contributed by atoms with Gasteiger partial charge in [0.05, 0.1) is 0 Å². The lowest BCUT2D eigenvalue weighted by atomic mass is 10.0. The molecule has 0 aromatic rings. The first-order valence-corrected chi connectivity index (χ1v) is 36.7. The highest BCUT2D eigenvalue weighted by Gasteiger charge is 2.20. The molecular formula is C74H142O6. The van der Waals surface area contributed by atoms with Crippen LogP contribution in [0.25, 0.3) is 0 Å².